The van der Waals surface area contributed by atoms with Crippen molar-refractivity contribution in [3.8, 4) is 23.0 Å². The van der Waals surface area contributed by atoms with Crippen molar-refractivity contribution in [1.29, 1.82) is 0 Å². The number of aromatic nitrogens is 4. The topological polar surface area (TPSA) is 115 Å². The molecule has 3 aromatic rings. The number of carbonyl (C=O) groups excluding carboxylic acids is 1. The van der Waals surface area contributed by atoms with Gasteiger partial charge in [-0.15, -0.1) is 10.2 Å². The van der Waals surface area contributed by atoms with Crippen molar-refractivity contribution >= 4 is 23.7 Å². The van der Waals surface area contributed by atoms with Crippen LogP contribution in [0, 0.1) is 13.8 Å². The van der Waals surface area contributed by atoms with E-state index in [1.165, 1.54) is 18.8 Å². The molecule has 3 aliphatic heterocycles. The summed E-state index contributed by atoms with van der Waals surface area (Å²) in [5.74, 6) is -0.0470. The van der Waals surface area contributed by atoms with E-state index >= 15 is 0 Å². The predicted octanol–water partition coefficient (Wildman–Crippen LogP) is 2.39. The van der Waals surface area contributed by atoms with Gasteiger partial charge in [0.25, 0.3) is 17.0 Å². The summed E-state index contributed by atoms with van der Waals surface area (Å²) in [7, 11) is 3.21. The molecular weight excluding hydrogens is 520 g/mol. The van der Waals surface area contributed by atoms with Crippen molar-refractivity contribution in [3.63, 3.8) is 0 Å². The first kappa shape index (κ1) is 25.8. The zero-order valence-electron chi connectivity index (χ0n) is 22.9. The number of amides is 1. The van der Waals surface area contributed by atoms with Gasteiger partial charge in [-0.25, -0.2) is 0 Å². The molecule has 0 saturated carbocycles. The third-order valence-corrected chi connectivity index (χ3v) is 7.46. The van der Waals surface area contributed by atoms with Crippen LogP contribution in [0.1, 0.15) is 27.0 Å². The number of hydrogen-bond donors (Lipinski definition) is 1. The molecule has 0 fully saturated rings. The Kier molecular flexibility index (Phi) is 6.03. The van der Waals surface area contributed by atoms with E-state index in [1.54, 1.807) is 70.4 Å². The van der Waals surface area contributed by atoms with Crippen molar-refractivity contribution in [2.75, 3.05) is 5.01 Å². The fourth-order valence-corrected chi connectivity index (χ4v) is 5.19. The Bertz CT molecular complexity index is 2100. The number of anilines is 1. The molecule has 6 rings (SSSR count). The zero-order chi connectivity index (χ0) is 29.0. The molecule has 10 heteroatoms. The predicted molar refractivity (Wildman–Crippen MR) is 156 cm³/mol. The normalized spacial score (nSPS) is 13.4. The van der Waals surface area contributed by atoms with Crippen LogP contribution in [-0.4, -0.2) is 29.9 Å². The highest BCUT2D eigenvalue weighted by Gasteiger charge is 2.29. The SMILES string of the molecule is Cc1c(C=CC=c2c(C)c3c(n(C)c2=O)=NN(c2ccccc2)C3=O)c(O)n(C)c2nn(-c3ccccc3)c(=O)c1-2. The van der Waals surface area contributed by atoms with Crippen LogP contribution in [0.2, 0.25) is 0 Å². The molecule has 4 heterocycles. The molecule has 1 aromatic heterocycles. The summed E-state index contributed by atoms with van der Waals surface area (Å²) in [5, 5.41) is 21.5. The quantitative estimate of drug-likeness (QED) is 0.372. The van der Waals surface area contributed by atoms with Crippen molar-refractivity contribution < 1.29 is 9.90 Å². The van der Waals surface area contributed by atoms with Gasteiger partial charge >= 0.3 is 0 Å². The van der Waals surface area contributed by atoms with Crippen LogP contribution in [0.4, 0.5) is 5.69 Å². The Morgan fingerprint density at radius 2 is 1.41 bits per heavy atom. The third-order valence-electron chi connectivity index (χ3n) is 7.46. The Hall–Kier alpha value is -5.51. The summed E-state index contributed by atoms with van der Waals surface area (Å²) in [4.78, 5) is 40.0. The molecule has 10 nitrogen and oxygen atoms in total. The Balaban J connectivity index is 1.46. The molecule has 0 aliphatic carbocycles. The number of nitrogens with zero attached hydrogens (tertiary/aromatic N) is 6. The molecule has 0 bridgehead atoms. The van der Waals surface area contributed by atoms with Crippen LogP contribution in [0.3, 0.4) is 0 Å². The summed E-state index contributed by atoms with van der Waals surface area (Å²) >= 11 is 0. The van der Waals surface area contributed by atoms with Crippen molar-refractivity contribution in [1.82, 2.24) is 18.9 Å². The number of para-hydroxylation sites is 2. The number of rotatable bonds is 4. The average molecular weight is 547 g/mol. The molecule has 41 heavy (non-hydrogen) atoms. The van der Waals surface area contributed by atoms with Crippen LogP contribution in [0.25, 0.3) is 29.2 Å². The summed E-state index contributed by atoms with van der Waals surface area (Å²) in [6.45, 7) is 3.47. The number of allylic oxidation sites excluding steroid dienone is 1. The first-order valence-corrected chi connectivity index (χ1v) is 12.9. The van der Waals surface area contributed by atoms with Gasteiger partial charge in [-0.05, 0) is 61.4 Å². The highest BCUT2D eigenvalue weighted by atomic mass is 16.3. The van der Waals surface area contributed by atoms with Crippen LogP contribution < -0.4 is 26.8 Å². The number of pyridine rings is 2. The van der Waals surface area contributed by atoms with E-state index < -0.39 is 0 Å². The summed E-state index contributed by atoms with van der Waals surface area (Å²) in [5.41, 5.74) is 3.12. The molecule has 0 spiro atoms. The Labute approximate surface area is 234 Å². The number of benzene rings is 2. The van der Waals surface area contributed by atoms with Gasteiger partial charge in [0.05, 0.1) is 22.5 Å². The molecule has 0 radical (unpaired) electrons. The third kappa shape index (κ3) is 3.91. The summed E-state index contributed by atoms with van der Waals surface area (Å²) < 4.78 is 4.13. The van der Waals surface area contributed by atoms with E-state index in [9.17, 15) is 19.5 Å². The van der Waals surface area contributed by atoms with Crippen molar-refractivity contribution in [3.05, 3.63) is 120 Å². The molecule has 0 atom stereocenters. The molecule has 204 valence electrons. The number of hydrogen-bond acceptors (Lipinski definition) is 6. The van der Waals surface area contributed by atoms with Gasteiger partial charge < -0.3 is 5.11 Å². The standard InChI is InChI=1S/C31H26N6O4/c1-18-22(28(38)34(3)26-24(18)30(40)36(32-26)20-12-7-5-8-13-20)16-11-17-23-19(2)25-27(35(4)29(23)39)33-37(31(25)41)21-14-9-6-10-15-21/h5-17,38H,1-4H3. The molecule has 1 N–H and O–H groups in total. The van der Waals surface area contributed by atoms with E-state index in [-0.39, 0.29) is 22.9 Å². The van der Waals surface area contributed by atoms with Crippen LogP contribution >= 0.6 is 0 Å². The second-order valence-electron chi connectivity index (χ2n) is 9.85. The fraction of sp³-hybridized carbons (Fsp3) is 0.129. The van der Waals surface area contributed by atoms with E-state index in [4.69, 9.17) is 0 Å². The van der Waals surface area contributed by atoms with Crippen molar-refractivity contribution in [2.45, 2.75) is 13.8 Å². The molecule has 1 amide bonds. The van der Waals surface area contributed by atoms with Gasteiger partial charge in [-0.3, -0.25) is 23.5 Å². The van der Waals surface area contributed by atoms with Gasteiger partial charge in [0.1, 0.15) is 0 Å². The maximum absolute atomic E-state index is 13.3. The van der Waals surface area contributed by atoms with E-state index in [0.717, 1.165) is 0 Å². The van der Waals surface area contributed by atoms with Gasteiger partial charge in [0, 0.05) is 24.9 Å². The lowest BCUT2D eigenvalue weighted by molar-refractivity contribution is 0.0994. The number of fused-ring (bicyclic) bond motifs is 2. The lowest BCUT2D eigenvalue weighted by atomic mass is 10.0. The fourth-order valence-electron chi connectivity index (χ4n) is 5.19. The number of aromatic hydroxyl groups is 1. The molecule has 0 saturated heterocycles. The minimum atomic E-state index is -0.317. The molecular formula is C31H26N6O4. The lowest BCUT2D eigenvalue weighted by Crippen LogP contribution is -2.44. The molecule has 0 unspecified atom stereocenters. The first-order valence-electron chi connectivity index (χ1n) is 12.9. The molecule has 2 aromatic carbocycles. The van der Waals surface area contributed by atoms with Gasteiger partial charge in [-0.2, -0.15) is 9.69 Å². The van der Waals surface area contributed by atoms with E-state index in [2.05, 4.69) is 10.2 Å². The van der Waals surface area contributed by atoms with Crippen molar-refractivity contribution in [2.24, 2.45) is 19.2 Å². The minimum Gasteiger partial charge on any atom is -0.494 e. The van der Waals surface area contributed by atoms with Gasteiger partial charge in [-0.1, -0.05) is 42.5 Å². The van der Waals surface area contributed by atoms with Gasteiger partial charge in [0.2, 0.25) is 0 Å². The largest absolute Gasteiger partial charge is 0.494 e. The zero-order valence-corrected chi connectivity index (χ0v) is 22.9. The van der Waals surface area contributed by atoms with Crippen LogP contribution in [0.5, 0.6) is 5.88 Å². The maximum atomic E-state index is 13.3. The molecule has 3 aliphatic rings. The van der Waals surface area contributed by atoms with Crippen LogP contribution in [-0.2, 0) is 14.1 Å². The number of carbonyl (C=O) groups is 1. The average Bonchev–Trinajstić information content (AvgIpc) is 3.52. The smallest absolute Gasteiger partial charge is 0.282 e. The highest BCUT2D eigenvalue weighted by molar-refractivity contribution is 6.08. The van der Waals surface area contributed by atoms with Crippen LogP contribution in [0.15, 0.2) is 81.4 Å². The highest BCUT2D eigenvalue weighted by Crippen LogP contribution is 2.32. The lowest BCUT2D eigenvalue weighted by Gasteiger charge is -2.14. The monoisotopic (exact) mass is 546 g/mol. The van der Waals surface area contributed by atoms with E-state index in [0.29, 0.717) is 55.7 Å². The second-order valence-corrected chi connectivity index (χ2v) is 9.85. The maximum Gasteiger partial charge on any atom is 0.282 e. The summed E-state index contributed by atoms with van der Waals surface area (Å²) in [6, 6.07) is 18.1. The summed E-state index contributed by atoms with van der Waals surface area (Å²) in [6.07, 6.45) is 4.87. The first-order chi connectivity index (χ1) is 19.7. The second kappa shape index (κ2) is 9.60. The van der Waals surface area contributed by atoms with Gasteiger partial charge in [0.15, 0.2) is 17.2 Å². The Morgan fingerprint density at radius 1 is 0.780 bits per heavy atom. The van der Waals surface area contributed by atoms with E-state index in [1.807, 2.05) is 36.4 Å². The Morgan fingerprint density at radius 3 is 2.07 bits per heavy atom. The minimum absolute atomic E-state index is 0.0802.